The van der Waals surface area contributed by atoms with Crippen LogP contribution in [0.15, 0.2) is 29.4 Å². The Hall–Kier alpha value is -2.06. The maximum Gasteiger partial charge on any atom is 0.230 e. The molecule has 2 rings (SSSR count). The highest BCUT2D eigenvalue weighted by atomic mass is 32.2. The van der Waals surface area contributed by atoms with Crippen molar-refractivity contribution in [3.8, 4) is 17.1 Å². The molecular weight excluding hydrogens is 340 g/mol. The second kappa shape index (κ2) is 10.0. The zero-order chi connectivity index (χ0) is 18.1. The SMILES string of the molecule is CCn1c(SCC(=O)NCCCOC)nnc1-c1ccc(OC)cc1. The van der Waals surface area contributed by atoms with Gasteiger partial charge in [0.15, 0.2) is 11.0 Å². The van der Waals surface area contributed by atoms with Gasteiger partial charge in [-0.2, -0.15) is 0 Å². The summed E-state index contributed by atoms with van der Waals surface area (Å²) in [7, 11) is 3.29. The van der Waals surface area contributed by atoms with Crippen LogP contribution in [-0.2, 0) is 16.1 Å². The van der Waals surface area contributed by atoms with Gasteiger partial charge < -0.3 is 19.4 Å². The zero-order valence-corrected chi connectivity index (χ0v) is 15.6. The first kappa shape index (κ1) is 19.3. The number of carbonyl (C=O) groups is 1. The van der Waals surface area contributed by atoms with E-state index in [0.717, 1.165) is 35.3 Å². The number of carbonyl (C=O) groups excluding carboxylic acids is 1. The van der Waals surface area contributed by atoms with Gasteiger partial charge in [0.05, 0.1) is 12.9 Å². The maximum atomic E-state index is 11.9. The Bertz CT molecular complexity index is 673. The number of ether oxygens (including phenoxy) is 2. The predicted octanol–water partition coefficient (Wildman–Crippen LogP) is 2.22. The summed E-state index contributed by atoms with van der Waals surface area (Å²) >= 11 is 1.39. The van der Waals surface area contributed by atoms with Crippen molar-refractivity contribution in [1.82, 2.24) is 20.1 Å². The van der Waals surface area contributed by atoms with E-state index < -0.39 is 0 Å². The zero-order valence-electron chi connectivity index (χ0n) is 14.8. The first-order chi connectivity index (χ1) is 12.2. The van der Waals surface area contributed by atoms with Crippen molar-refractivity contribution < 1.29 is 14.3 Å². The third kappa shape index (κ3) is 5.47. The summed E-state index contributed by atoms with van der Waals surface area (Å²) in [6.07, 6.45) is 0.805. The van der Waals surface area contributed by atoms with E-state index in [1.165, 1.54) is 11.8 Å². The molecule has 1 aromatic carbocycles. The molecular formula is C17H24N4O3S. The first-order valence-corrected chi connectivity index (χ1v) is 9.14. The molecule has 1 N–H and O–H groups in total. The van der Waals surface area contributed by atoms with E-state index in [1.807, 2.05) is 35.8 Å². The van der Waals surface area contributed by atoms with Crippen molar-refractivity contribution in [3.63, 3.8) is 0 Å². The molecule has 0 radical (unpaired) electrons. The molecule has 0 aliphatic heterocycles. The fourth-order valence-corrected chi connectivity index (χ4v) is 3.09. The minimum Gasteiger partial charge on any atom is -0.497 e. The highest BCUT2D eigenvalue weighted by Gasteiger charge is 2.14. The van der Waals surface area contributed by atoms with Gasteiger partial charge in [-0.15, -0.1) is 10.2 Å². The van der Waals surface area contributed by atoms with Crippen LogP contribution >= 0.6 is 11.8 Å². The molecule has 0 saturated heterocycles. The van der Waals surface area contributed by atoms with Gasteiger partial charge in [-0.25, -0.2) is 0 Å². The highest BCUT2D eigenvalue weighted by molar-refractivity contribution is 7.99. The van der Waals surface area contributed by atoms with Gasteiger partial charge in [0.1, 0.15) is 5.75 Å². The molecule has 1 amide bonds. The van der Waals surface area contributed by atoms with Crippen LogP contribution in [0.4, 0.5) is 0 Å². The molecule has 0 fully saturated rings. The van der Waals surface area contributed by atoms with Crippen LogP contribution in [0.3, 0.4) is 0 Å². The number of methoxy groups -OCH3 is 2. The third-order valence-corrected chi connectivity index (χ3v) is 4.53. The summed E-state index contributed by atoms with van der Waals surface area (Å²) in [5.74, 6) is 1.88. The van der Waals surface area contributed by atoms with Gasteiger partial charge in [0.25, 0.3) is 0 Å². The Balaban J connectivity index is 1.98. The number of nitrogens with zero attached hydrogens (tertiary/aromatic N) is 3. The standard InChI is InChI=1S/C17H24N4O3S/c1-4-21-16(13-6-8-14(24-3)9-7-13)19-20-17(21)25-12-15(22)18-10-5-11-23-2/h6-9H,4-5,10-12H2,1-3H3,(H,18,22). The van der Waals surface area contributed by atoms with Crippen LogP contribution in [0.25, 0.3) is 11.4 Å². The van der Waals surface area contributed by atoms with Crippen LogP contribution in [0, 0.1) is 0 Å². The van der Waals surface area contributed by atoms with E-state index >= 15 is 0 Å². The van der Waals surface area contributed by atoms with Gasteiger partial charge in [0.2, 0.25) is 5.91 Å². The summed E-state index contributed by atoms with van der Waals surface area (Å²) < 4.78 is 12.1. The number of rotatable bonds is 10. The molecule has 7 nitrogen and oxygen atoms in total. The number of hydrogen-bond donors (Lipinski definition) is 1. The summed E-state index contributed by atoms with van der Waals surface area (Å²) in [6, 6.07) is 7.69. The fourth-order valence-electron chi connectivity index (χ4n) is 2.26. The quantitative estimate of drug-likeness (QED) is 0.514. The summed E-state index contributed by atoms with van der Waals surface area (Å²) in [5.41, 5.74) is 0.964. The topological polar surface area (TPSA) is 78.3 Å². The van der Waals surface area contributed by atoms with Crippen molar-refractivity contribution in [2.45, 2.75) is 25.0 Å². The smallest absolute Gasteiger partial charge is 0.230 e. The largest absolute Gasteiger partial charge is 0.497 e. The van der Waals surface area contributed by atoms with Gasteiger partial charge in [-0.1, -0.05) is 11.8 Å². The van der Waals surface area contributed by atoms with Gasteiger partial charge in [-0.05, 0) is 37.6 Å². The average molecular weight is 364 g/mol. The van der Waals surface area contributed by atoms with Crippen molar-refractivity contribution in [2.24, 2.45) is 0 Å². The Morgan fingerprint density at radius 2 is 2.00 bits per heavy atom. The number of thioether (sulfide) groups is 1. The molecule has 1 aromatic heterocycles. The molecule has 1 heterocycles. The fraction of sp³-hybridized carbons (Fsp3) is 0.471. The molecule has 0 spiro atoms. The van der Waals surface area contributed by atoms with Crippen molar-refractivity contribution in [2.75, 3.05) is 33.1 Å². The van der Waals surface area contributed by atoms with E-state index in [1.54, 1.807) is 14.2 Å². The molecule has 25 heavy (non-hydrogen) atoms. The minimum absolute atomic E-state index is 0.0160. The second-order valence-electron chi connectivity index (χ2n) is 5.26. The van der Waals surface area contributed by atoms with Gasteiger partial charge in [-0.3, -0.25) is 4.79 Å². The second-order valence-corrected chi connectivity index (χ2v) is 6.21. The Kier molecular flexibility index (Phi) is 7.75. The third-order valence-electron chi connectivity index (χ3n) is 3.56. The van der Waals surface area contributed by atoms with Gasteiger partial charge >= 0.3 is 0 Å². The lowest BCUT2D eigenvalue weighted by atomic mass is 10.2. The lowest BCUT2D eigenvalue weighted by Gasteiger charge is -2.08. The molecule has 0 saturated carbocycles. The van der Waals surface area contributed by atoms with Crippen molar-refractivity contribution >= 4 is 17.7 Å². The van der Waals surface area contributed by atoms with Gasteiger partial charge in [0, 0.05) is 32.4 Å². The van der Waals surface area contributed by atoms with E-state index in [4.69, 9.17) is 9.47 Å². The Morgan fingerprint density at radius 3 is 2.64 bits per heavy atom. The minimum atomic E-state index is -0.0160. The molecule has 136 valence electrons. The number of amides is 1. The monoisotopic (exact) mass is 364 g/mol. The molecule has 0 aliphatic rings. The van der Waals surface area contributed by atoms with E-state index in [2.05, 4.69) is 15.5 Å². The van der Waals surface area contributed by atoms with Crippen LogP contribution in [0.2, 0.25) is 0 Å². The molecule has 0 unspecified atom stereocenters. The lowest BCUT2D eigenvalue weighted by molar-refractivity contribution is -0.118. The van der Waals surface area contributed by atoms with Crippen molar-refractivity contribution in [1.29, 1.82) is 0 Å². The van der Waals surface area contributed by atoms with E-state index in [-0.39, 0.29) is 5.91 Å². The lowest BCUT2D eigenvalue weighted by Crippen LogP contribution is -2.27. The maximum absolute atomic E-state index is 11.9. The highest BCUT2D eigenvalue weighted by Crippen LogP contribution is 2.25. The van der Waals surface area contributed by atoms with Crippen LogP contribution < -0.4 is 10.1 Å². The van der Waals surface area contributed by atoms with Crippen LogP contribution in [-0.4, -0.2) is 53.8 Å². The molecule has 0 bridgehead atoms. The molecule has 0 atom stereocenters. The summed E-state index contributed by atoms with van der Waals surface area (Å²) in [5, 5.41) is 12.1. The normalized spacial score (nSPS) is 10.7. The summed E-state index contributed by atoms with van der Waals surface area (Å²) in [4.78, 5) is 11.9. The molecule has 8 heteroatoms. The number of nitrogens with one attached hydrogen (secondary N) is 1. The van der Waals surface area contributed by atoms with E-state index in [9.17, 15) is 4.79 Å². The average Bonchev–Trinajstić information content (AvgIpc) is 3.06. The molecule has 2 aromatic rings. The van der Waals surface area contributed by atoms with Crippen LogP contribution in [0.5, 0.6) is 5.75 Å². The molecule has 0 aliphatic carbocycles. The van der Waals surface area contributed by atoms with Crippen molar-refractivity contribution in [3.05, 3.63) is 24.3 Å². The first-order valence-electron chi connectivity index (χ1n) is 8.15. The Labute approximate surface area is 152 Å². The summed E-state index contributed by atoms with van der Waals surface area (Å²) in [6.45, 7) is 4.02. The number of aromatic nitrogens is 3. The Morgan fingerprint density at radius 1 is 1.24 bits per heavy atom. The predicted molar refractivity (Wildman–Crippen MR) is 97.9 cm³/mol. The number of benzene rings is 1. The van der Waals surface area contributed by atoms with Crippen LogP contribution in [0.1, 0.15) is 13.3 Å². The van der Waals surface area contributed by atoms with E-state index in [0.29, 0.717) is 18.9 Å². The number of hydrogen-bond acceptors (Lipinski definition) is 6.